The Morgan fingerprint density at radius 1 is 1.13 bits per heavy atom. The standard InChI is InChI=1S/C26H32N2O3/c1-18(21-10-11-21)28(17-20-8-12-23(31-3)13-9-20)26(30)16-25-24-7-5-4-6-22(24)14-15-27(25)19(2)29/h4-9,12-13,18,21,25H,10-11,14-17H2,1-3H3. The van der Waals surface area contributed by atoms with Gasteiger partial charge in [0.15, 0.2) is 0 Å². The molecule has 2 unspecified atom stereocenters. The molecule has 0 N–H and O–H groups in total. The molecule has 164 valence electrons. The monoisotopic (exact) mass is 420 g/mol. The third-order valence-electron chi connectivity index (χ3n) is 6.81. The Bertz CT molecular complexity index is 936. The van der Waals surface area contributed by atoms with Crippen molar-refractivity contribution in [2.45, 2.75) is 58.2 Å². The summed E-state index contributed by atoms with van der Waals surface area (Å²) in [6.07, 6.45) is 3.52. The van der Waals surface area contributed by atoms with Crippen molar-refractivity contribution in [2.75, 3.05) is 13.7 Å². The lowest BCUT2D eigenvalue weighted by molar-refractivity contribution is -0.138. The van der Waals surface area contributed by atoms with Crippen molar-refractivity contribution in [1.82, 2.24) is 9.80 Å². The van der Waals surface area contributed by atoms with E-state index in [0.29, 0.717) is 25.4 Å². The van der Waals surface area contributed by atoms with Crippen LogP contribution >= 0.6 is 0 Å². The summed E-state index contributed by atoms with van der Waals surface area (Å²) in [6.45, 7) is 5.01. The smallest absolute Gasteiger partial charge is 0.225 e. The molecular formula is C26H32N2O3. The van der Waals surface area contributed by atoms with Crippen LogP contribution < -0.4 is 4.74 Å². The van der Waals surface area contributed by atoms with Crippen molar-refractivity contribution in [3.8, 4) is 5.75 Å². The lowest BCUT2D eigenvalue weighted by atomic mass is 9.90. The minimum absolute atomic E-state index is 0.0317. The fraction of sp³-hybridized carbons (Fsp3) is 0.462. The molecule has 31 heavy (non-hydrogen) atoms. The summed E-state index contributed by atoms with van der Waals surface area (Å²) in [5.41, 5.74) is 3.45. The molecule has 1 aliphatic heterocycles. The highest BCUT2D eigenvalue weighted by molar-refractivity contribution is 5.80. The van der Waals surface area contributed by atoms with Gasteiger partial charge in [-0.15, -0.1) is 0 Å². The number of amides is 2. The van der Waals surface area contributed by atoms with Crippen molar-refractivity contribution in [3.63, 3.8) is 0 Å². The SMILES string of the molecule is COc1ccc(CN(C(=O)CC2c3ccccc3CCN2C(C)=O)C(C)C2CC2)cc1. The highest BCUT2D eigenvalue weighted by Crippen LogP contribution is 2.38. The maximum Gasteiger partial charge on any atom is 0.225 e. The number of carbonyl (C=O) groups excluding carboxylic acids is 2. The molecule has 2 aliphatic rings. The van der Waals surface area contributed by atoms with E-state index in [-0.39, 0.29) is 23.9 Å². The first-order chi connectivity index (χ1) is 15.0. The van der Waals surface area contributed by atoms with Gasteiger partial charge in [-0.05, 0) is 60.9 Å². The van der Waals surface area contributed by atoms with Crippen molar-refractivity contribution < 1.29 is 14.3 Å². The molecule has 2 amide bonds. The van der Waals surface area contributed by atoms with Gasteiger partial charge in [0.1, 0.15) is 5.75 Å². The van der Waals surface area contributed by atoms with Gasteiger partial charge in [-0.3, -0.25) is 9.59 Å². The van der Waals surface area contributed by atoms with Gasteiger partial charge in [-0.1, -0.05) is 36.4 Å². The molecular weight excluding hydrogens is 388 g/mol. The van der Waals surface area contributed by atoms with Gasteiger partial charge >= 0.3 is 0 Å². The molecule has 0 saturated heterocycles. The van der Waals surface area contributed by atoms with Crippen molar-refractivity contribution in [1.29, 1.82) is 0 Å². The first-order valence-electron chi connectivity index (χ1n) is 11.3. The maximum absolute atomic E-state index is 13.7. The summed E-state index contributed by atoms with van der Waals surface area (Å²) >= 11 is 0. The third-order valence-corrected chi connectivity index (χ3v) is 6.81. The molecule has 1 aliphatic carbocycles. The summed E-state index contributed by atoms with van der Waals surface area (Å²) in [7, 11) is 1.66. The van der Waals surface area contributed by atoms with E-state index in [4.69, 9.17) is 4.74 Å². The minimum Gasteiger partial charge on any atom is -0.497 e. The van der Waals surface area contributed by atoms with Crippen molar-refractivity contribution in [2.24, 2.45) is 5.92 Å². The summed E-state index contributed by atoms with van der Waals surface area (Å²) in [5.74, 6) is 1.53. The topological polar surface area (TPSA) is 49.9 Å². The Labute approximate surface area is 185 Å². The van der Waals surface area contributed by atoms with Crippen molar-refractivity contribution in [3.05, 3.63) is 65.2 Å². The molecule has 0 radical (unpaired) electrons. The quantitative estimate of drug-likeness (QED) is 0.669. The van der Waals surface area contributed by atoms with Gasteiger partial charge in [0.05, 0.1) is 19.6 Å². The van der Waals surface area contributed by atoms with Crippen LogP contribution in [0.2, 0.25) is 0 Å². The molecule has 2 aromatic rings. The zero-order chi connectivity index (χ0) is 22.0. The Balaban J connectivity index is 1.57. The van der Waals surface area contributed by atoms with Crippen LogP contribution in [-0.4, -0.2) is 41.3 Å². The lowest BCUT2D eigenvalue weighted by Gasteiger charge is -2.38. The van der Waals surface area contributed by atoms with Gasteiger partial charge < -0.3 is 14.5 Å². The predicted octanol–water partition coefficient (Wildman–Crippen LogP) is 4.36. The fourth-order valence-electron chi connectivity index (χ4n) is 4.75. The largest absolute Gasteiger partial charge is 0.497 e. The number of benzene rings is 2. The van der Waals surface area contributed by atoms with Gasteiger partial charge in [-0.25, -0.2) is 0 Å². The minimum atomic E-state index is -0.195. The molecule has 5 nitrogen and oxygen atoms in total. The number of fused-ring (bicyclic) bond motifs is 1. The molecule has 1 fully saturated rings. The average Bonchev–Trinajstić information content (AvgIpc) is 3.63. The number of carbonyl (C=O) groups is 2. The van der Waals surface area contributed by atoms with Gasteiger partial charge in [0, 0.05) is 26.1 Å². The van der Waals surface area contributed by atoms with Crippen LogP contribution in [-0.2, 0) is 22.6 Å². The number of hydrogen-bond donors (Lipinski definition) is 0. The zero-order valence-corrected chi connectivity index (χ0v) is 18.7. The van der Waals surface area contributed by atoms with E-state index in [2.05, 4.69) is 19.1 Å². The predicted molar refractivity (Wildman–Crippen MR) is 121 cm³/mol. The number of ether oxygens (including phenoxy) is 1. The summed E-state index contributed by atoms with van der Waals surface area (Å²) in [5, 5.41) is 0. The van der Waals surface area contributed by atoms with E-state index in [1.54, 1.807) is 14.0 Å². The van der Waals surface area contributed by atoms with E-state index in [9.17, 15) is 9.59 Å². The van der Waals surface area contributed by atoms with Crippen LogP contribution in [0.1, 0.15) is 55.8 Å². The highest BCUT2D eigenvalue weighted by Gasteiger charge is 2.37. The molecule has 2 atom stereocenters. The Morgan fingerprint density at radius 2 is 1.84 bits per heavy atom. The molecule has 4 rings (SSSR count). The first kappa shape index (κ1) is 21.4. The average molecular weight is 421 g/mol. The molecule has 0 aromatic heterocycles. The number of hydrogen-bond acceptors (Lipinski definition) is 3. The van der Waals surface area contributed by atoms with Crippen molar-refractivity contribution >= 4 is 11.8 Å². The molecule has 5 heteroatoms. The third kappa shape index (κ3) is 4.76. The molecule has 1 saturated carbocycles. The van der Waals surface area contributed by atoms with Gasteiger partial charge in [0.2, 0.25) is 11.8 Å². The first-order valence-corrected chi connectivity index (χ1v) is 11.3. The fourth-order valence-corrected chi connectivity index (χ4v) is 4.75. The molecule has 0 bridgehead atoms. The van der Waals surface area contributed by atoms with Crippen LogP contribution in [0.4, 0.5) is 0 Å². The Morgan fingerprint density at radius 3 is 2.48 bits per heavy atom. The van der Waals surface area contributed by atoms with Crippen LogP contribution in [0.15, 0.2) is 48.5 Å². The number of methoxy groups -OCH3 is 1. The second-order valence-electron chi connectivity index (χ2n) is 8.83. The second-order valence-corrected chi connectivity index (χ2v) is 8.83. The second kappa shape index (κ2) is 9.13. The van der Waals surface area contributed by atoms with Crippen LogP contribution in [0.25, 0.3) is 0 Å². The van der Waals surface area contributed by atoms with Crippen LogP contribution in [0.3, 0.4) is 0 Å². The molecule has 2 aromatic carbocycles. The normalized spacial score (nSPS) is 18.8. The Hall–Kier alpha value is -2.82. The Kier molecular flexibility index (Phi) is 6.30. The summed E-state index contributed by atoms with van der Waals surface area (Å²) in [4.78, 5) is 29.9. The van der Waals surface area contributed by atoms with Crippen LogP contribution in [0.5, 0.6) is 5.75 Å². The van der Waals surface area contributed by atoms with E-state index in [1.165, 1.54) is 18.4 Å². The molecule has 1 heterocycles. The number of nitrogens with zero attached hydrogens (tertiary/aromatic N) is 2. The molecule has 0 spiro atoms. The zero-order valence-electron chi connectivity index (χ0n) is 18.7. The summed E-state index contributed by atoms with van der Waals surface area (Å²) in [6, 6.07) is 16.1. The summed E-state index contributed by atoms with van der Waals surface area (Å²) < 4.78 is 5.27. The highest BCUT2D eigenvalue weighted by atomic mass is 16.5. The van der Waals surface area contributed by atoms with E-state index in [1.807, 2.05) is 46.2 Å². The number of rotatable bonds is 7. The van der Waals surface area contributed by atoms with Crippen LogP contribution in [0, 0.1) is 5.92 Å². The van der Waals surface area contributed by atoms with E-state index in [0.717, 1.165) is 23.3 Å². The van der Waals surface area contributed by atoms with Gasteiger partial charge in [0.25, 0.3) is 0 Å². The van der Waals surface area contributed by atoms with E-state index < -0.39 is 0 Å². The maximum atomic E-state index is 13.7. The lowest BCUT2D eigenvalue weighted by Crippen LogP contribution is -2.44. The van der Waals surface area contributed by atoms with Gasteiger partial charge in [-0.2, -0.15) is 0 Å². The van der Waals surface area contributed by atoms with E-state index >= 15 is 0 Å².